The number of hydrogen-bond acceptors (Lipinski definition) is 1. The minimum atomic E-state index is 0.647. The Kier molecular flexibility index (Phi) is 3.23. The zero-order chi connectivity index (χ0) is 12.0. The van der Waals surface area contributed by atoms with Gasteiger partial charge >= 0.3 is 0 Å². The lowest BCUT2D eigenvalue weighted by atomic mass is 9.50. The summed E-state index contributed by atoms with van der Waals surface area (Å²) in [6, 6.07) is 0.647. The van der Waals surface area contributed by atoms with Crippen LogP contribution in [0.3, 0.4) is 0 Å². The molecule has 1 nitrogen and oxygen atoms in total. The van der Waals surface area contributed by atoms with E-state index in [2.05, 4.69) is 26.1 Å². The molecule has 0 aromatic rings. The molecule has 1 atom stereocenters. The van der Waals surface area contributed by atoms with E-state index in [4.69, 9.17) is 0 Å². The third-order valence-corrected chi connectivity index (χ3v) is 5.80. The van der Waals surface area contributed by atoms with Crippen LogP contribution in [0.1, 0.15) is 52.9 Å². The summed E-state index contributed by atoms with van der Waals surface area (Å²) in [4.78, 5) is 0. The molecule has 0 spiro atoms. The lowest BCUT2D eigenvalue weighted by Gasteiger charge is -2.56. The molecule has 1 unspecified atom stereocenters. The Morgan fingerprint density at radius 2 is 1.41 bits per heavy atom. The Balaban J connectivity index is 1.63. The van der Waals surface area contributed by atoms with Crippen molar-refractivity contribution in [2.45, 2.75) is 58.9 Å². The fourth-order valence-electron chi connectivity index (χ4n) is 5.45. The molecule has 4 saturated carbocycles. The molecular formula is C16H29N. The zero-order valence-corrected chi connectivity index (χ0v) is 11.8. The highest BCUT2D eigenvalue weighted by Gasteiger charge is 2.49. The maximum absolute atomic E-state index is 3.65. The van der Waals surface area contributed by atoms with Gasteiger partial charge in [-0.05, 0) is 74.2 Å². The van der Waals surface area contributed by atoms with E-state index in [0.717, 1.165) is 35.5 Å². The highest BCUT2D eigenvalue weighted by Crippen LogP contribution is 2.58. The van der Waals surface area contributed by atoms with Gasteiger partial charge in [0.2, 0.25) is 0 Å². The molecule has 4 fully saturated rings. The van der Waals surface area contributed by atoms with Gasteiger partial charge in [0.1, 0.15) is 0 Å². The normalized spacial score (nSPS) is 45.5. The van der Waals surface area contributed by atoms with Gasteiger partial charge in [0.15, 0.2) is 0 Å². The first-order valence-electron chi connectivity index (χ1n) is 7.87. The maximum Gasteiger partial charge on any atom is 0.00104 e. The van der Waals surface area contributed by atoms with Gasteiger partial charge in [0, 0.05) is 6.04 Å². The summed E-state index contributed by atoms with van der Waals surface area (Å²) in [5, 5.41) is 3.65. The van der Waals surface area contributed by atoms with Gasteiger partial charge in [-0.15, -0.1) is 0 Å². The Bertz CT molecular complexity index is 243. The smallest absolute Gasteiger partial charge is 0.00104 e. The SMILES string of the molecule is CC(C)NCC(C)C1C2CC3CC(C2)CC1C3. The van der Waals surface area contributed by atoms with Crippen LogP contribution in [0.5, 0.6) is 0 Å². The van der Waals surface area contributed by atoms with E-state index in [1.807, 2.05) is 0 Å². The van der Waals surface area contributed by atoms with Crippen molar-refractivity contribution in [1.29, 1.82) is 0 Å². The standard InChI is InChI=1S/C16H29N/c1-10(2)17-9-11(3)16-14-5-12-4-13(7-14)8-15(16)6-12/h10-17H,4-9H2,1-3H3. The first-order valence-corrected chi connectivity index (χ1v) is 7.87. The first kappa shape index (κ1) is 12.0. The summed E-state index contributed by atoms with van der Waals surface area (Å²) in [5.41, 5.74) is 0. The number of hydrogen-bond donors (Lipinski definition) is 1. The van der Waals surface area contributed by atoms with Crippen molar-refractivity contribution in [3.8, 4) is 0 Å². The van der Waals surface area contributed by atoms with Gasteiger partial charge < -0.3 is 5.32 Å². The molecule has 0 aromatic carbocycles. The first-order chi connectivity index (χ1) is 8.13. The molecule has 0 heterocycles. The van der Waals surface area contributed by atoms with Crippen molar-refractivity contribution in [2.24, 2.45) is 35.5 Å². The fraction of sp³-hybridized carbons (Fsp3) is 1.00. The van der Waals surface area contributed by atoms with Gasteiger partial charge in [0.05, 0.1) is 0 Å². The number of nitrogens with one attached hydrogen (secondary N) is 1. The van der Waals surface area contributed by atoms with E-state index in [9.17, 15) is 0 Å². The summed E-state index contributed by atoms with van der Waals surface area (Å²) in [6.45, 7) is 8.28. The van der Waals surface area contributed by atoms with Crippen molar-refractivity contribution in [2.75, 3.05) is 6.54 Å². The molecule has 4 aliphatic carbocycles. The van der Waals surface area contributed by atoms with E-state index in [0.29, 0.717) is 6.04 Å². The topological polar surface area (TPSA) is 12.0 Å². The van der Waals surface area contributed by atoms with Gasteiger partial charge in [-0.25, -0.2) is 0 Å². The van der Waals surface area contributed by atoms with Gasteiger partial charge in [-0.1, -0.05) is 20.8 Å². The minimum absolute atomic E-state index is 0.647. The van der Waals surface area contributed by atoms with Gasteiger partial charge in [0.25, 0.3) is 0 Å². The van der Waals surface area contributed by atoms with Crippen molar-refractivity contribution < 1.29 is 0 Å². The van der Waals surface area contributed by atoms with E-state index >= 15 is 0 Å². The summed E-state index contributed by atoms with van der Waals surface area (Å²) >= 11 is 0. The van der Waals surface area contributed by atoms with Gasteiger partial charge in [-0.2, -0.15) is 0 Å². The summed E-state index contributed by atoms with van der Waals surface area (Å²) in [6.07, 6.45) is 7.87. The lowest BCUT2D eigenvalue weighted by molar-refractivity contribution is -0.0582. The Labute approximate surface area is 107 Å². The second kappa shape index (κ2) is 4.57. The molecule has 0 aliphatic heterocycles. The molecular weight excluding hydrogens is 206 g/mol. The third kappa shape index (κ3) is 2.28. The summed E-state index contributed by atoms with van der Waals surface area (Å²) in [5.74, 6) is 6.38. The van der Waals surface area contributed by atoms with Crippen molar-refractivity contribution in [3.05, 3.63) is 0 Å². The van der Waals surface area contributed by atoms with E-state index in [1.54, 1.807) is 32.1 Å². The van der Waals surface area contributed by atoms with Crippen LogP contribution in [0.15, 0.2) is 0 Å². The van der Waals surface area contributed by atoms with Crippen molar-refractivity contribution in [1.82, 2.24) is 5.32 Å². The largest absolute Gasteiger partial charge is 0.314 e. The summed E-state index contributed by atoms with van der Waals surface area (Å²) in [7, 11) is 0. The van der Waals surface area contributed by atoms with Crippen LogP contribution in [0.25, 0.3) is 0 Å². The Hall–Kier alpha value is -0.0400. The average molecular weight is 235 g/mol. The van der Waals surface area contributed by atoms with E-state index < -0.39 is 0 Å². The van der Waals surface area contributed by atoms with E-state index in [1.165, 1.54) is 6.54 Å². The maximum atomic E-state index is 3.65. The van der Waals surface area contributed by atoms with Crippen LogP contribution in [0.4, 0.5) is 0 Å². The highest BCUT2D eigenvalue weighted by molar-refractivity contribution is 4.99. The predicted octanol–water partition coefficient (Wildman–Crippen LogP) is 3.69. The molecule has 98 valence electrons. The fourth-order valence-corrected chi connectivity index (χ4v) is 5.45. The van der Waals surface area contributed by atoms with E-state index in [-0.39, 0.29) is 0 Å². The molecule has 4 aliphatic rings. The molecule has 1 heteroatoms. The van der Waals surface area contributed by atoms with Crippen LogP contribution in [0, 0.1) is 35.5 Å². The van der Waals surface area contributed by atoms with Crippen molar-refractivity contribution in [3.63, 3.8) is 0 Å². The van der Waals surface area contributed by atoms with Crippen LogP contribution in [-0.2, 0) is 0 Å². The predicted molar refractivity (Wildman–Crippen MR) is 72.8 cm³/mol. The monoisotopic (exact) mass is 235 g/mol. The Morgan fingerprint density at radius 1 is 0.882 bits per heavy atom. The second-order valence-corrected chi connectivity index (χ2v) is 7.55. The quantitative estimate of drug-likeness (QED) is 0.783. The molecule has 0 amide bonds. The lowest BCUT2D eigenvalue weighted by Crippen LogP contribution is -2.49. The Morgan fingerprint density at radius 3 is 1.88 bits per heavy atom. The second-order valence-electron chi connectivity index (χ2n) is 7.55. The number of rotatable bonds is 4. The molecule has 17 heavy (non-hydrogen) atoms. The average Bonchev–Trinajstić information content (AvgIpc) is 2.24. The molecule has 4 rings (SSSR count). The van der Waals surface area contributed by atoms with Crippen LogP contribution in [-0.4, -0.2) is 12.6 Å². The summed E-state index contributed by atoms with van der Waals surface area (Å²) < 4.78 is 0. The third-order valence-electron chi connectivity index (χ3n) is 5.80. The molecule has 0 saturated heterocycles. The zero-order valence-electron chi connectivity index (χ0n) is 11.8. The molecule has 0 aromatic heterocycles. The van der Waals surface area contributed by atoms with Crippen molar-refractivity contribution >= 4 is 0 Å². The molecule has 4 bridgehead atoms. The molecule has 1 N–H and O–H groups in total. The minimum Gasteiger partial charge on any atom is -0.314 e. The van der Waals surface area contributed by atoms with Crippen LogP contribution in [0.2, 0.25) is 0 Å². The van der Waals surface area contributed by atoms with Gasteiger partial charge in [-0.3, -0.25) is 0 Å². The molecule has 0 radical (unpaired) electrons. The van der Waals surface area contributed by atoms with Crippen LogP contribution < -0.4 is 5.32 Å². The highest BCUT2D eigenvalue weighted by atomic mass is 14.9. The van der Waals surface area contributed by atoms with Crippen LogP contribution >= 0.6 is 0 Å².